The van der Waals surface area contributed by atoms with E-state index in [-0.39, 0.29) is 18.0 Å². The van der Waals surface area contributed by atoms with Crippen molar-refractivity contribution in [2.24, 2.45) is 5.73 Å². The number of benzene rings is 5. The summed E-state index contributed by atoms with van der Waals surface area (Å²) in [6.45, 7) is 0.0301. The highest BCUT2D eigenvalue weighted by atomic mass is 35.5. The lowest BCUT2D eigenvalue weighted by Gasteiger charge is -2.35. The van der Waals surface area contributed by atoms with Crippen LogP contribution in [0.5, 0.6) is 5.75 Å². The lowest BCUT2D eigenvalue weighted by Crippen LogP contribution is -2.46. The third-order valence-electron chi connectivity index (χ3n) is 9.02. The Hall–Kier alpha value is -6.02. The second-order valence-corrected chi connectivity index (χ2v) is 12.3. The first kappa shape index (κ1) is 28.2. The molecule has 2 aliphatic rings. The number of nitriles is 1. The molecule has 2 N–H and O–H groups in total. The summed E-state index contributed by atoms with van der Waals surface area (Å²) in [5.74, 6) is -0.225. The number of para-hydroxylation sites is 3. The molecule has 2 aliphatic heterocycles. The molecule has 1 spiro atoms. The zero-order chi connectivity index (χ0) is 32.7. The van der Waals surface area contributed by atoms with E-state index in [1.807, 2.05) is 72.8 Å². The van der Waals surface area contributed by atoms with Crippen LogP contribution in [0.2, 0.25) is 10.0 Å². The summed E-state index contributed by atoms with van der Waals surface area (Å²) < 4.78 is 7.85. The molecular formula is C36H20Cl2N8O2. The summed E-state index contributed by atoms with van der Waals surface area (Å²) in [6, 6.07) is 29.8. The van der Waals surface area contributed by atoms with Crippen LogP contribution in [0.1, 0.15) is 16.8 Å². The topological polar surface area (TPSA) is 136 Å². The lowest BCUT2D eigenvalue weighted by atomic mass is 9.67. The first-order valence-corrected chi connectivity index (χ1v) is 15.6. The number of nitrogens with two attached hydrogens (primary N) is 1. The molecule has 5 aromatic carbocycles. The summed E-state index contributed by atoms with van der Waals surface area (Å²) in [7, 11) is 0. The maximum atomic E-state index is 15.4. The van der Waals surface area contributed by atoms with Gasteiger partial charge in [-0.25, -0.2) is 14.6 Å². The predicted octanol–water partition coefficient (Wildman–Crippen LogP) is 6.74. The SMILES string of the molecule is N#CC1=C(N)Oc2c(c3nc4ccccc4nc3c3ccccc23)C12C(=O)N(Cc1cnnn1-c1cc(Cl)ccc1Cl)c1ccccc12. The molecule has 10 nitrogen and oxygen atoms in total. The summed E-state index contributed by atoms with van der Waals surface area (Å²) in [5.41, 5.74) is 9.77. The summed E-state index contributed by atoms with van der Waals surface area (Å²) in [4.78, 5) is 27.2. The lowest BCUT2D eigenvalue weighted by molar-refractivity contribution is -0.121. The Balaban J connectivity index is 1.35. The molecule has 48 heavy (non-hydrogen) atoms. The van der Waals surface area contributed by atoms with Crippen molar-refractivity contribution in [2.45, 2.75) is 12.0 Å². The number of carbonyl (C=O) groups excluding carboxylic acids is 1. The van der Waals surface area contributed by atoms with Crippen LogP contribution in [0, 0.1) is 11.3 Å². The number of carbonyl (C=O) groups is 1. The predicted molar refractivity (Wildman–Crippen MR) is 182 cm³/mol. The van der Waals surface area contributed by atoms with E-state index in [1.165, 1.54) is 0 Å². The molecule has 2 aromatic heterocycles. The fraction of sp³-hybridized carbons (Fsp3) is 0.0556. The van der Waals surface area contributed by atoms with Crippen LogP contribution in [0.4, 0.5) is 5.69 Å². The number of ether oxygens (including phenoxy) is 1. The van der Waals surface area contributed by atoms with Gasteiger partial charge in [-0.15, -0.1) is 5.10 Å². The molecule has 7 aromatic rings. The zero-order valence-electron chi connectivity index (χ0n) is 24.7. The third-order valence-corrected chi connectivity index (χ3v) is 9.58. The highest BCUT2D eigenvalue weighted by Crippen LogP contribution is 2.58. The normalized spacial score (nSPS) is 16.9. The number of halogens is 2. The van der Waals surface area contributed by atoms with Crippen molar-refractivity contribution < 1.29 is 9.53 Å². The van der Waals surface area contributed by atoms with E-state index in [2.05, 4.69) is 16.4 Å². The summed E-state index contributed by atoms with van der Waals surface area (Å²) in [5, 5.41) is 21.5. The van der Waals surface area contributed by atoms with Crippen molar-refractivity contribution in [3.63, 3.8) is 0 Å². The highest BCUT2D eigenvalue weighted by molar-refractivity contribution is 6.34. The van der Waals surface area contributed by atoms with Crippen molar-refractivity contribution in [3.05, 3.63) is 136 Å². The molecule has 0 saturated carbocycles. The minimum absolute atomic E-state index is 0.0301. The molecular weight excluding hydrogens is 647 g/mol. The van der Waals surface area contributed by atoms with Gasteiger partial charge in [-0.05, 0) is 36.4 Å². The second kappa shape index (κ2) is 10.2. The maximum Gasteiger partial charge on any atom is 0.248 e. The van der Waals surface area contributed by atoms with Crippen molar-refractivity contribution in [1.82, 2.24) is 25.0 Å². The monoisotopic (exact) mass is 666 g/mol. The molecule has 12 heteroatoms. The Bertz CT molecular complexity index is 2630. The van der Waals surface area contributed by atoms with Gasteiger partial charge in [0.1, 0.15) is 22.8 Å². The molecule has 1 amide bonds. The van der Waals surface area contributed by atoms with E-state index < -0.39 is 11.3 Å². The molecule has 0 saturated heterocycles. The summed E-state index contributed by atoms with van der Waals surface area (Å²) >= 11 is 12.9. The van der Waals surface area contributed by atoms with Crippen LogP contribution in [0.25, 0.3) is 38.5 Å². The van der Waals surface area contributed by atoms with E-state index in [9.17, 15) is 5.26 Å². The fourth-order valence-electron chi connectivity index (χ4n) is 7.03. The van der Waals surface area contributed by atoms with Crippen LogP contribution < -0.4 is 15.4 Å². The van der Waals surface area contributed by atoms with Gasteiger partial charge in [0.25, 0.3) is 0 Å². The van der Waals surface area contributed by atoms with E-state index in [0.29, 0.717) is 71.4 Å². The Morgan fingerprint density at radius 2 is 1.58 bits per heavy atom. The van der Waals surface area contributed by atoms with Crippen LogP contribution in [0.3, 0.4) is 0 Å². The average molecular weight is 668 g/mol. The van der Waals surface area contributed by atoms with Crippen molar-refractivity contribution in [1.29, 1.82) is 5.26 Å². The number of rotatable bonds is 3. The molecule has 9 rings (SSSR count). The number of hydrogen-bond donors (Lipinski definition) is 1. The Morgan fingerprint density at radius 1 is 0.875 bits per heavy atom. The number of hydrogen-bond acceptors (Lipinski definition) is 8. The number of amides is 1. The molecule has 0 radical (unpaired) electrons. The van der Waals surface area contributed by atoms with Crippen LogP contribution >= 0.6 is 23.2 Å². The van der Waals surface area contributed by atoms with Gasteiger partial charge < -0.3 is 15.4 Å². The van der Waals surface area contributed by atoms with Crippen LogP contribution in [-0.2, 0) is 16.8 Å². The standard InChI is InChI=1S/C36H20Cl2N8O2/c37-19-13-14-25(38)29(15-19)46-20(17-41-44-46)18-45-28-12-6-3-9-23(28)36(35(45)47)24(16-39)34(40)48-33-22-8-2-1-7-21(22)31-32(30(33)36)43-27-11-5-4-10-26(27)42-31/h1-15,17H,18,40H2. The van der Waals surface area contributed by atoms with E-state index >= 15 is 4.79 Å². The zero-order valence-corrected chi connectivity index (χ0v) is 26.2. The maximum absolute atomic E-state index is 15.4. The van der Waals surface area contributed by atoms with Gasteiger partial charge in [0, 0.05) is 32.6 Å². The van der Waals surface area contributed by atoms with Crippen LogP contribution in [0.15, 0.2) is 109 Å². The van der Waals surface area contributed by atoms with Crippen LogP contribution in [-0.4, -0.2) is 30.9 Å². The molecule has 0 bridgehead atoms. The van der Waals surface area contributed by atoms with Gasteiger partial charge in [0.15, 0.2) is 0 Å². The molecule has 0 fully saturated rings. The van der Waals surface area contributed by atoms with Gasteiger partial charge in [0.05, 0.1) is 51.2 Å². The number of nitrogens with zero attached hydrogens (tertiary/aromatic N) is 7. The molecule has 1 unspecified atom stereocenters. The Labute approximate surface area is 282 Å². The number of aromatic nitrogens is 5. The number of anilines is 1. The van der Waals surface area contributed by atoms with E-state index in [0.717, 1.165) is 5.39 Å². The molecule has 230 valence electrons. The van der Waals surface area contributed by atoms with E-state index in [4.69, 9.17) is 43.6 Å². The minimum Gasteiger partial charge on any atom is -0.439 e. The number of fused-ring (bicyclic) bond motifs is 10. The largest absolute Gasteiger partial charge is 0.439 e. The van der Waals surface area contributed by atoms with Gasteiger partial charge >= 0.3 is 0 Å². The Kier molecular flexibility index (Phi) is 6.02. The second-order valence-electron chi connectivity index (χ2n) is 11.5. The minimum atomic E-state index is -1.71. The van der Waals surface area contributed by atoms with E-state index in [1.54, 1.807) is 34.0 Å². The van der Waals surface area contributed by atoms with Crippen molar-refractivity contribution in [2.75, 3.05) is 4.90 Å². The third kappa shape index (κ3) is 3.71. The first-order chi connectivity index (χ1) is 23.4. The smallest absolute Gasteiger partial charge is 0.248 e. The van der Waals surface area contributed by atoms with Gasteiger partial charge in [-0.2, -0.15) is 5.26 Å². The average Bonchev–Trinajstić information content (AvgIpc) is 3.66. The molecule has 1 atom stereocenters. The first-order valence-electron chi connectivity index (χ1n) is 14.9. The van der Waals surface area contributed by atoms with Crippen molar-refractivity contribution in [3.8, 4) is 17.5 Å². The summed E-state index contributed by atoms with van der Waals surface area (Å²) in [6.07, 6.45) is 1.56. The van der Waals surface area contributed by atoms with Gasteiger partial charge in [-0.3, -0.25) is 4.79 Å². The quantitative estimate of drug-likeness (QED) is 0.162. The fourth-order valence-corrected chi connectivity index (χ4v) is 7.39. The molecule has 4 heterocycles. The molecule has 0 aliphatic carbocycles. The van der Waals surface area contributed by atoms with Gasteiger partial charge in [-0.1, -0.05) is 83.0 Å². The highest BCUT2D eigenvalue weighted by Gasteiger charge is 2.60. The van der Waals surface area contributed by atoms with Gasteiger partial charge in [0.2, 0.25) is 11.8 Å². The Morgan fingerprint density at radius 3 is 2.38 bits per heavy atom. The van der Waals surface area contributed by atoms with Crippen molar-refractivity contribution >= 4 is 67.6 Å².